The lowest BCUT2D eigenvalue weighted by Gasteiger charge is -2.09. The summed E-state index contributed by atoms with van der Waals surface area (Å²) >= 11 is 2.81. The predicted molar refractivity (Wildman–Crippen MR) is 109 cm³/mol. The molecule has 2 saturated carbocycles. The first-order valence-corrected chi connectivity index (χ1v) is 11.4. The van der Waals surface area contributed by atoms with Crippen molar-refractivity contribution in [1.29, 1.82) is 0 Å². The Bertz CT molecular complexity index is 913. The van der Waals surface area contributed by atoms with Gasteiger partial charge in [0.1, 0.15) is 10.8 Å². The van der Waals surface area contributed by atoms with Crippen LogP contribution in [0.2, 0.25) is 0 Å². The molecule has 0 atom stereocenters. The summed E-state index contributed by atoms with van der Waals surface area (Å²) < 4.78 is 7.38. The van der Waals surface area contributed by atoms with Crippen molar-refractivity contribution in [1.82, 2.24) is 14.8 Å². The third-order valence-corrected chi connectivity index (χ3v) is 7.06. The zero-order valence-corrected chi connectivity index (χ0v) is 17.9. The van der Waals surface area contributed by atoms with Crippen LogP contribution in [0.25, 0.3) is 0 Å². The first-order valence-electron chi connectivity index (χ1n) is 9.64. The Morgan fingerprint density at radius 2 is 2.00 bits per heavy atom. The molecule has 7 nitrogen and oxygen atoms in total. The molecular formula is C19H24N4O3S2. The summed E-state index contributed by atoms with van der Waals surface area (Å²) in [6, 6.07) is 0.495. The molecule has 0 saturated heterocycles. The fraction of sp³-hybridized carbons (Fsp3) is 0.579. The number of amides is 1. The standard InChI is InChI=1S/C19H24N4O3S2/c1-4-26-18(25)15-10(2)11(3)28-17(15)20-14(24)9-27-19-22-21-16(12-5-6-12)23(19)13-7-8-13/h12-13H,4-9H2,1-3H3,(H,20,24). The number of anilines is 1. The number of carbonyl (C=O) groups excluding carboxylic acids is 2. The zero-order chi connectivity index (χ0) is 19.8. The molecule has 0 radical (unpaired) electrons. The second-order valence-electron chi connectivity index (χ2n) is 7.26. The molecule has 0 aliphatic heterocycles. The number of rotatable bonds is 8. The van der Waals surface area contributed by atoms with Crippen LogP contribution in [-0.4, -0.2) is 39.0 Å². The zero-order valence-electron chi connectivity index (χ0n) is 16.3. The Labute approximate surface area is 172 Å². The lowest BCUT2D eigenvalue weighted by Crippen LogP contribution is -2.17. The van der Waals surface area contributed by atoms with E-state index >= 15 is 0 Å². The summed E-state index contributed by atoms with van der Waals surface area (Å²) in [6.07, 6.45) is 4.69. The summed E-state index contributed by atoms with van der Waals surface area (Å²) in [4.78, 5) is 25.8. The van der Waals surface area contributed by atoms with Crippen LogP contribution < -0.4 is 5.32 Å². The van der Waals surface area contributed by atoms with Gasteiger partial charge < -0.3 is 14.6 Å². The number of hydrogen-bond acceptors (Lipinski definition) is 7. The van der Waals surface area contributed by atoms with E-state index in [0.29, 0.717) is 29.1 Å². The Hall–Kier alpha value is -1.87. The maximum Gasteiger partial charge on any atom is 0.341 e. The van der Waals surface area contributed by atoms with E-state index in [1.54, 1.807) is 6.92 Å². The highest BCUT2D eigenvalue weighted by Gasteiger charge is 2.36. The predicted octanol–water partition coefficient (Wildman–Crippen LogP) is 4.08. The van der Waals surface area contributed by atoms with Crippen molar-refractivity contribution >= 4 is 40.0 Å². The number of hydrogen-bond donors (Lipinski definition) is 1. The van der Waals surface area contributed by atoms with E-state index in [1.807, 2.05) is 13.8 Å². The van der Waals surface area contributed by atoms with E-state index < -0.39 is 5.97 Å². The lowest BCUT2D eigenvalue weighted by atomic mass is 10.1. The van der Waals surface area contributed by atoms with Gasteiger partial charge in [-0.2, -0.15) is 0 Å². The fourth-order valence-corrected chi connectivity index (χ4v) is 5.02. The second-order valence-corrected chi connectivity index (χ2v) is 9.43. The Balaban J connectivity index is 1.43. The van der Waals surface area contributed by atoms with Crippen LogP contribution in [0.15, 0.2) is 5.16 Å². The molecule has 2 aliphatic rings. The minimum atomic E-state index is -0.394. The molecule has 150 valence electrons. The number of carbonyl (C=O) groups is 2. The van der Waals surface area contributed by atoms with E-state index in [2.05, 4.69) is 20.1 Å². The maximum absolute atomic E-state index is 12.6. The highest BCUT2D eigenvalue weighted by molar-refractivity contribution is 7.99. The summed E-state index contributed by atoms with van der Waals surface area (Å²) in [7, 11) is 0. The molecule has 2 fully saturated rings. The number of esters is 1. The first kappa shape index (κ1) is 19.4. The summed E-state index contributed by atoms with van der Waals surface area (Å²) in [5.41, 5.74) is 1.31. The summed E-state index contributed by atoms with van der Waals surface area (Å²) in [5.74, 6) is 1.30. The quantitative estimate of drug-likeness (QED) is 0.512. The summed E-state index contributed by atoms with van der Waals surface area (Å²) in [6.45, 7) is 5.88. The number of nitrogens with zero attached hydrogens (tertiary/aromatic N) is 3. The van der Waals surface area contributed by atoms with Crippen molar-refractivity contribution in [2.75, 3.05) is 17.7 Å². The third-order valence-electron chi connectivity index (χ3n) is 5.00. The second kappa shape index (κ2) is 7.87. The van der Waals surface area contributed by atoms with Crippen LogP contribution in [0.5, 0.6) is 0 Å². The number of nitrogens with one attached hydrogen (secondary N) is 1. The Kier molecular flexibility index (Phi) is 5.46. The highest BCUT2D eigenvalue weighted by atomic mass is 32.2. The van der Waals surface area contributed by atoms with E-state index in [9.17, 15) is 9.59 Å². The van der Waals surface area contributed by atoms with E-state index in [1.165, 1.54) is 35.9 Å². The van der Waals surface area contributed by atoms with Gasteiger partial charge in [-0.25, -0.2) is 4.79 Å². The molecule has 2 aromatic rings. The van der Waals surface area contributed by atoms with Crippen molar-refractivity contribution in [3.05, 3.63) is 21.8 Å². The van der Waals surface area contributed by atoms with Gasteiger partial charge in [-0.15, -0.1) is 21.5 Å². The first-order chi connectivity index (χ1) is 13.5. The fourth-order valence-electron chi connectivity index (χ4n) is 3.14. The van der Waals surface area contributed by atoms with Gasteiger partial charge in [-0.3, -0.25) is 4.79 Å². The number of thioether (sulfide) groups is 1. The highest BCUT2D eigenvalue weighted by Crippen LogP contribution is 2.46. The third kappa shape index (κ3) is 3.96. The van der Waals surface area contributed by atoms with Gasteiger partial charge in [0.2, 0.25) is 5.91 Å². The van der Waals surface area contributed by atoms with Gasteiger partial charge in [0.15, 0.2) is 5.16 Å². The summed E-state index contributed by atoms with van der Waals surface area (Å²) in [5, 5.41) is 13.0. The van der Waals surface area contributed by atoms with Gasteiger partial charge in [0.05, 0.1) is 17.9 Å². The van der Waals surface area contributed by atoms with Crippen LogP contribution in [-0.2, 0) is 9.53 Å². The maximum atomic E-state index is 12.6. The van der Waals surface area contributed by atoms with Crippen molar-refractivity contribution in [3.8, 4) is 0 Å². The SMILES string of the molecule is CCOC(=O)c1c(NC(=O)CSc2nnc(C3CC3)n2C2CC2)sc(C)c1C. The lowest BCUT2D eigenvalue weighted by molar-refractivity contribution is -0.113. The largest absolute Gasteiger partial charge is 0.462 e. The molecule has 1 N–H and O–H groups in total. The molecule has 0 bridgehead atoms. The smallest absolute Gasteiger partial charge is 0.341 e. The molecular weight excluding hydrogens is 396 g/mol. The minimum absolute atomic E-state index is 0.157. The van der Waals surface area contributed by atoms with E-state index in [-0.39, 0.29) is 11.7 Å². The molecule has 2 aliphatic carbocycles. The van der Waals surface area contributed by atoms with Gasteiger partial charge in [-0.05, 0) is 52.0 Å². The van der Waals surface area contributed by atoms with E-state index in [0.717, 1.165) is 34.3 Å². The molecule has 28 heavy (non-hydrogen) atoms. The van der Waals surface area contributed by atoms with Crippen molar-refractivity contribution < 1.29 is 14.3 Å². The normalized spacial score (nSPS) is 16.2. The molecule has 2 aromatic heterocycles. The van der Waals surface area contributed by atoms with Gasteiger partial charge in [0, 0.05) is 16.8 Å². The number of thiophene rings is 1. The number of ether oxygens (including phenoxy) is 1. The van der Waals surface area contributed by atoms with Crippen molar-refractivity contribution in [2.24, 2.45) is 0 Å². The molecule has 0 aromatic carbocycles. The Morgan fingerprint density at radius 3 is 2.64 bits per heavy atom. The van der Waals surface area contributed by atoms with Crippen LogP contribution in [0.1, 0.15) is 71.2 Å². The number of aromatic nitrogens is 3. The monoisotopic (exact) mass is 420 g/mol. The molecule has 2 heterocycles. The van der Waals surface area contributed by atoms with Gasteiger partial charge in [0.25, 0.3) is 0 Å². The van der Waals surface area contributed by atoms with Crippen LogP contribution in [0.4, 0.5) is 5.00 Å². The molecule has 0 spiro atoms. The average molecular weight is 421 g/mol. The molecule has 1 amide bonds. The van der Waals surface area contributed by atoms with Crippen molar-refractivity contribution in [2.45, 2.75) is 63.6 Å². The number of aryl methyl sites for hydroxylation is 1. The molecule has 9 heteroatoms. The molecule has 0 unspecified atom stereocenters. The van der Waals surface area contributed by atoms with Crippen LogP contribution in [0, 0.1) is 13.8 Å². The minimum Gasteiger partial charge on any atom is -0.462 e. The van der Waals surface area contributed by atoms with Crippen LogP contribution in [0.3, 0.4) is 0 Å². The molecule has 4 rings (SSSR count). The Morgan fingerprint density at radius 1 is 1.25 bits per heavy atom. The van der Waals surface area contributed by atoms with Crippen LogP contribution >= 0.6 is 23.1 Å². The van der Waals surface area contributed by atoms with Crippen molar-refractivity contribution in [3.63, 3.8) is 0 Å². The average Bonchev–Trinajstić information content (AvgIpc) is 3.58. The van der Waals surface area contributed by atoms with E-state index in [4.69, 9.17) is 4.74 Å². The van der Waals surface area contributed by atoms with Gasteiger partial charge >= 0.3 is 5.97 Å². The topological polar surface area (TPSA) is 86.1 Å². The van der Waals surface area contributed by atoms with Gasteiger partial charge in [-0.1, -0.05) is 11.8 Å².